The molecule has 116 valence electrons. The molecule has 0 aliphatic carbocycles. The number of aromatic nitrogens is 2. The van der Waals surface area contributed by atoms with Crippen LogP contribution in [0.15, 0.2) is 47.0 Å². The molecule has 5 heteroatoms. The molecule has 0 radical (unpaired) electrons. The molecule has 23 heavy (non-hydrogen) atoms. The van der Waals surface area contributed by atoms with Crippen LogP contribution in [0.2, 0.25) is 0 Å². The molecule has 1 aromatic heterocycles. The van der Waals surface area contributed by atoms with Gasteiger partial charge in [0.2, 0.25) is 0 Å². The highest BCUT2D eigenvalue weighted by Gasteiger charge is 2.15. The molecule has 0 atom stereocenters. The van der Waals surface area contributed by atoms with Crippen molar-refractivity contribution < 1.29 is 13.7 Å². The van der Waals surface area contributed by atoms with E-state index in [0.29, 0.717) is 11.5 Å². The van der Waals surface area contributed by atoms with Gasteiger partial charge in [0.1, 0.15) is 5.82 Å². The van der Waals surface area contributed by atoms with Gasteiger partial charge in [0.05, 0.1) is 6.42 Å². The van der Waals surface area contributed by atoms with Crippen molar-refractivity contribution in [2.45, 2.75) is 20.3 Å². The van der Waals surface area contributed by atoms with Crippen LogP contribution < -0.4 is 0 Å². The van der Waals surface area contributed by atoms with Gasteiger partial charge in [-0.1, -0.05) is 35.0 Å². The fourth-order valence-electron chi connectivity index (χ4n) is 2.40. The number of ketones is 1. The van der Waals surface area contributed by atoms with Crippen molar-refractivity contribution in [1.82, 2.24) is 10.1 Å². The summed E-state index contributed by atoms with van der Waals surface area (Å²) in [5.41, 5.74) is 3.30. The predicted octanol–water partition coefficient (Wildman–Crippen LogP) is 3.92. The third kappa shape index (κ3) is 3.34. The quantitative estimate of drug-likeness (QED) is 0.685. The Morgan fingerprint density at radius 1 is 1.17 bits per heavy atom. The van der Waals surface area contributed by atoms with Crippen LogP contribution in [-0.2, 0) is 6.42 Å². The highest BCUT2D eigenvalue weighted by Crippen LogP contribution is 2.22. The first-order valence-corrected chi connectivity index (χ1v) is 7.22. The number of hydrogen-bond donors (Lipinski definition) is 0. The van der Waals surface area contributed by atoms with Crippen molar-refractivity contribution in [1.29, 1.82) is 0 Å². The second kappa shape index (κ2) is 6.12. The molecule has 1 heterocycles. The number of carbonyl (C=O) groups is 1. The number of Topliss-reactive ketones (excluding diaryl/α,β-unsaturated/α-hetero) is 1. The van der Waals surface area contributed by atoms with E-state index < -0.39 is 5.82 Å². The van der Waals surface area contributed by atoms with Gasteiger partial charge in [-0.3, -0.25) is 4.79 Å². The van der Waals surface area contributed by atoms with Crippen molar-refractivity contribution in [3.05, 3.63) is 70.8 Å². The predicted molar refractivity (Wildman–Crippen MR) is 83.6 cm³/mol. The van der Waals surface area contributed by atoms with E-state index in [2.05, 4.69) is 10.1 Å². The smallest absolute Gasteiger partial charge is 0.258 e. The molecule has 4 nitrogen and oxygen atoms in total. The molecule has 0 saturated heterocycles. The monoisotopic (exact) mass is 310 g/mol. The van der Waals surface area contributed by atoms with Gasteiger partial charge >= 0.3 is 0 Å². The maximum Gasteiger partial charge on any atom is 0.258 e. The summed E-state index contributed by atoms with van der Waals surface area (Å²) in [5.74, 6) is -0.0313. The first-order valence-electron chi connectivity index (χ1n) is 7.22. The van der Waals surface area contributed by atoms with Gasteiger partial charge in [-0.2, -0.15) is 4.98 Å². The van der Waals surface area contributed by atoms with E-state index in [4.69, 9.17) is 4.52 Å². The molecule has 0 unspecified atom stereocenters. The van der Waals surface area contributed by atoms with E-state index in [0.717, 1.165) is 16.7 Å². The number of aryl methyl sites for hydroxylation is 2. The third-order valence-corrected chi connectivity index (χ3v) is 3.55. The Morgan fingerprint density at radius 3 is 2.74 bits per heavy atom. The van der Waals surface area contributed by atoms with Crippen LogP contribution in [0.3, 0.4) is 0 Å². The highest BCUT2D eigenvalue weighted by atomic mass is 19.1. The minimum atomic E-state index is -0.445. The van der Waals surface area contributed by atoms with E-state index >= 15 is 0 Å². The summed E-state index contributed by atoms with van der Waals surface area (Å²) in [6.07, 6.45) is -0.0299. The molecule has 3 rings (SSSR count). The van der Waals surface area contributed by atoms with E-state index in [1.807, 2.05) is 32.0 Å². The third-order valence-electron chi connectivity index (χ3n) is 3.55. The van der Waals surface area contributed by atoms with Crippen molar-refractivity contribution in [2.75, 3.05) is 0 Å². The van der Waals surface area contributed by atoms with Crippen LogP contribution in [-0.4, -0.2) is 15.9 Å². The number of hydrogen-bond acceptors (Lipinski definition) is 4. The standard InChI is InChI=1S/C18H15FN2O2/c1-11-6-7-15(12(2)8-11)18-20-17(21-23-18)10-16(22)13-4-3-5-14(19)9-13/h3-9H,10H2,1-2H3. The van der Waals surface area contributed by atoms with E-state index in [1.165, 1.54) is 18.2 Å². The van der Waals surface area contributed by atoms with Crippen LogP contribution in [0, 0.1) is 19.7 Å². The molecule has 3 aromatic rings. The number of rotatable bonds is 4. The van der Waals surface area contributed by atoms with E-state index in [1.54, 1.807) is 6.07 Å². The molecule has 0 saturated carbocycles. The Kier molecular flexibility index (Phi) is 4.02. The second-order valence-corrected chi connectivity index (χ2v) is 5.44. The summed E-state index contributed by atoms with van der Waals surface area (Å²) in [7, 11) is 0. The Hall–Kier alpha value is -2.82. The number of carbonyl (C=O) groups excluding carboxylic acids is 1. The Labute approximate surface area is 133 Å². The number of benzene rings is 2. The van der Waals surface area contributed by atoms with Crippen molar-refractivity contribution >= 4 is 5.78 Å². The normalized spacial score (nSPS) is 10.7. The molecular formula is C18H15FN2O2. The van der Waals surface area contributed by atoms with Crippen LogP contribution in [0.25, 0.3) is 11.5 Å². The summed E-state index contributed by atoms with van der Waals surface area (Å²) in [5, 5.41) is 3.84. The minimum Gasteiger partial charge on any atom is -0.334 e. The molecule has 0 N–H and O–H groups in total. The molecule has 0 spiro atoms. The maximum absolute atomic E-state index is 13.2. The molecular weight excluding hydrogens is 295 g/mol. The Balaban J connectivity index is 1.81. The largest absolute Gasteiger partial charge is 0.334 e. The van der Waals surface area contributed by atoms with Crippen molar-refractivity contribution in [3.8, 4) is 11.5 Å². The maximum atomic E-state index is 13.2. The fraction of sp³-hybridized carbons (Fsp3) is 0.167. The Morgan fingerprint density at radius 2 is 2.00 bits per heavy atom. The zero-order valence-corrected chi connectivity index (χ0v) is 12.8. The van der Waals surface area contributed by atoms with Crippen LogP contribution in [0.4, 0.5) is 4.39 Å². The van der Waals surface area contributed by atoms with Gasteiger partial charge in [0.25, 0.3) is 5.89 Å². The lowest BCUT2D eigenvalue weighted by Crippen LogP contribution is -2.05. The molecule has 0 amide bonds. The zero-order valence-electron chi connectivity index (χ0n) is 12.8. The average molecular weight is 310 g/mol. The van der Waals surface area contributed by atoms with Crippen molar-refractivity contribution in [2.24, 2.45) is 0 Å². The Bertz CT molecular complexity index is 871. The van der Waals surface area contributed by atoms with Gasteiger partial charge in [-0.25, -0.2) is 4.39 Å². The molecule has 0 aliphatic heterocycles. The zero-order chi connectivity index (χ0) is 16.4. The van der Waals surface area contributed by atoms with E-state index in [-0.39, 0.29) is 18.0 Å². The summed E-state index contributed by atoms with van der Waals surface area (Å²) >= 11 is 0. The van der Waals surface area contributed by atoms with Gasteiger partial charge in [0.15, 0.2) is 11.6 Å². The first kappa shape index (κ1) is 15.1. The molecule has 0 fully saturated rings. The molecule has 0 bridgehead atoms. The lowest BCUT2D eigenvalue weighted by atomic mass is 10.1. The topological polar surface area (TPSA) is 56.0 Å². The van der Waals surface area contributed by atoms with Gasteiger partial charge in [0, 0.05) is 11.1 Å². The molecule has 2 aromatic carbocycles. The average Bonchev–Trinajstić information content (AvgIpc) is 2.95. The highest BCUT2D eigenvalue weighted by molar-refractivity contribution is 5.97. The fourth-order valence-corrected chi connectivity index (χ4v) is 2.40. The van der Waals surface area contributed by atoms with Crippen LogP contribution in [0.1, 0.15) is 27.3 Å². The summed E-state index contributed by atoms with van der Waals surface area (Å²) in [4.78, 5) is 16.4. The lowest BCUT2D eigenvalue weighted by molar-refractivity contribution is 0.0989. The number of nitrogens with zero attached hydrogens (tertiary/aromatic N) is 2. The minimum absolute atomic E-state index is 0.0299. The molecule has 0 aliphatic rings. The summed E-state index contributed by atoms with van der Waals surface area (Å²) < 4.78 is 18.4. The lowest BCUT2D eigenvalue weighted by Gasteiger charge is -2.01. The van der Waals surface area contributed by atoms with Gasteiger partial charge in [-0.15, -0.1) is 0 Å². The SMILES string of the molecule is Cc1ccc(-c2nc(CC(=O)c3cccc(F)c3)no2)c(C)c1. The van der Waals surface area contributed by atoms with Crippen LogP contribution in [0.5, 0.6) is 0 Å². The van der Waals surface area contributed by atoms with Gasteiger partial charge < -0.3 is 4.52 Å². The first-order chi connectivity index (χ1) is 11.0. The van der Waals surface area contributed by atoms with Crippen LogP contribution >= 0.6 is 0 Å². The van der Waals surface area contributed by atoms with Crippen molar-refractivity contribution in [3.63, 3.8) is 0 Å². The number of halogens is 1. The summed E-state index contributed by atoms with van der Waals surface area (Å²) in [6, 6.07) is 11.5. The van der Waals surface area contributed by atoms with Gasteiger partial charge in [-0.05, 0) is 37.6 Å². The van der Waals surface area contributed by atoms with E-state index in [9.17, 15) is 9.18 Å². The summed E-state index contributed by atoms with van der Waals surface area (Å²) in [6.45, 7) is 3.97. The second-order valence-electron chi connectivity index (χ2n) is 5.44.